The molecule has 176 valence electrons. The molecule has 0 bridgehead atoms. The summed E-state index contributed by atoms with van der Waals surface area (Å²) in [6.07, 6.45) is 3.67. The van der Waals surface area contributed by atoms with Crippen molar-refractivity contribution in [3.05, 3.63) is 72.7 Å². The largest absolute Gasteiger partial charge is 0.354 e. The van der Waals surface area contributed by atoms with Gasteiger partial charge in [0.2, 0.25) is 6.43 Å². The molecule has 1 fully saturated rings. The lowest BCUT2D eigenvalue weighted by Gasteiger charge is -2.28. The van der Waals surface area contributed by atoms with E-state index in [4.69, 9.17) is 0 Å². The SMILES string of the molecule is C=C(Nc1ccc(CC(F)F)cc1)c1n[nH]c2ccc(-c3cnn(C4CCN(C)CC4)c3)cc12. The van der Waals surface area contributed by atoms with Crippen molar-refractivity contribution < 1.29 is 8.78 Å². The van der Waals surface area contributed by atoms with Gasteiger partial charge in [0.1, 0.15) is 5.69 Å². The molecule has 0 amide bonds. The van der Waals surface area contributed by atoms with Crippen molar-refractivity contribution in [1.82, 2.24) is 24.9 Å². The minimum absolute atomic E-state index is 0.248. The van der Waals surface area contributed by atoms with Crippen LogP contribution < -0.4 is 5.32 Å². The highest BCUT2D eigenvalue weighted by Gasteiger charge is 2.19. The van der Waals surface area contributed by atoms with Crippen LogP contribution >= 0.6 is 0 Å². The van der Waals surface area contributed by atoms with Crippen molar-refractivity contribution in [3.63, 3.8) is 0 Å². The number of aromatic nitrogens is 4. The zero-order valence-corrected chi connectivity index (χ0v) is 19.1. The van der Waals surface area contributed by atoms with Crippen molar-refractivity contribution in [2.75, 3.05) is 25.5 Å². The Hall–Kier alpha value is -3.52. The fourth-order valence-corrected chi connectivity index (χ4v) is 4.51. The number of anilines is 1. The van der Waals surface area contributed by atoms with Crippen molar-refractivity contribution in [1.29, 1.82) is 0 Å². The average Bonchev–Trinajstić information content (AvgIpc) is 3.48. The zero-order valence-electron chi connectivity index (χ0n) is 19.1. The van der Waals surface area contributed by atoms with Crippen molar-refractivity contribution >= 4 is 22.3 Å². The van der Waals surface area contributed by atoms with Crippen LogP contribution in [0.2, 0.25) is 0 Å². The second-order valence-corrected chi connectivity index (χ2v) is 8.97. The summed E-state index contributed by atoms with van der Waals surface area (Å²) in [4.78, 5) is 2.36. The smallest absolute Gasteiger partial charge is 0.242 e. The van der Waals surface area contributed by atoms with Gasteiger partial charge < -0.3 is 10.2 Å². The number of benzene rings is 2. The third kappa shape index (κ3) is 4.72. The summed E-state index contributed by atoms with van der Waals surface area (Å²) in [6.45, 7) is 6.34. The monoisotopic (exact) mass is 462 g/mol. The first-order valence-electron chi connectivity index (χ1n) is 11.5. The second-order valence-electron chi connectivity index (χ2n) is 8.97. The van der Waals surface area contributed by atoms with E-state index in [1.807, 2.05) is 12.3 Å². The number of alkyl halides is 2. The van der Waals surface area contributed by atoms with E-state index in [0.29, 0.717) is 17.3 Å². The lowest BCUT2D eigenvalue weighted by Crippen LogP contribution is -2.31. The number of nitrogens with one attached hydrogen (secondary N) is 2. The molecule has 8 heteroatoms. The summed E-state index contributed by atoms with van der Waals surface area (Å²) in [6, 6.07) is 13.6. The molecule has 2 N–H and O–H groups in total. The van der Waals surface area contributed by atoms with Gasteiger partial charge in [-0.25, -0.2) is 8.78 Å². The van der Waals surface area contributed by atoms with Crippen LogP contribution in [0.1, 0.15) is 30.1 Å². The maximum Gasteiger partial charge on any atom is 0.242 e. The maximum atomic E-state index is 12.6. The molecule has 0 spiro atoms. The zero-order chi connectivity index (χ0) is 23.7. The van der Waals surface area contributed by atoms with Crippen LogP contribution in [0, 0.1) is 0 Å². The van der Waals surface area contributed by atoms with Gasteiger partial charge in [0, 0.05) is 29.3 Å². The first-order chi connectivity index (χ1) is 16.5. The molecule has 0 aliphatic carbocycles. The average molecular weight is 463 g/mol. The third-order valence-corrected chi connectivity index (χ3v) is 6.48. The topological polar surface area (TPSA) is 61.8 Å². The Morgan fingerprint density at radius 3 is 2.65 bits per heavy atom. The van der Waals surface area contributed by atoms with Gasteiger partial charge in [-0.05, 0) is 68.4 Å². The van der Waals surface area contributed by atoms with Crippen molar-refractivity contribution in [2.24, 2.45) is 0 Å². The molecule has 6 nitrogen and oxygen atoms in total. The molecule has 2 aromatic heterocycles. The predicted molar refractivity (Wildman–Crippen MR) is 132 cm³/mol. The number of nitrogens with zero attached hydrogens (tertiary/aromatic N) is 4. The summed E-state index contributed by atoms with van der Waals surface area (Å²) in [5, 5.41) is 16.4. The first kappa shape index (κ1) is 22.3. The van der Waals surface area contributed by atoms with Crippen LogP contribution in [-0.4, -0.2) is 51.4 Å². The molecule has 4 aromatic rings. The molecule has 34 heavy (non-hydrogen) atoms. The van der Waals surface area contributed by atoms with Crippen LogP contribution in [0.4, 0.5) is 14.5 Å². The Morgan fingerprint density at radius 2 is 1.91 bits per heavy atom. The molecule has 5 rings (SSSR count). The Morgan fingerprint density at radius 1 is 1.15 bits per heavy atom. The number of rotatable bonds is 7. The number of piperidine rings is 1. The number of likely N-dealkylation sites (tertiary alicyclic amines) is 1. The number of aromatic amines is 1. The molecule has 1 saturated heterocycles. The summed E-state index contributed by atoms with van der Waals surface area (Å²) >= 11 is 0. The first-order valence-corrected chi connectivity index (χ1v) is 11.5. The molecular weight excluding hydrogens is 434 g/mol. The standard InChI is InChI=1S/C26H28F2N6/c1-17(30-21-6-3-18(4-7-21)13-25(27)28)26-23-14-19(5-8-24(23)31-32-26)20-15-29-34(16-20)22-9-11-33(2)12-10-22/h3-8,14-16,22,25,30H,1,9-13H2,2H3,(H,31,32). The maximum absolute atomic E-state index is 12.6. The number of hydrogen-bond acceptors (Lipinski definition) is 4. The summed E-state index contributed by atoms with van der Waals surface area (Å²) in [5.41, 5.74) is 5.77. The van der Waals surface area contributed by atoms with Gasteiger partial charge in [-0.2, -0.15) is 10.2 Å². The highest BCUT2D eigenvalue weighted by atomic mass is 19.3. The molecular formula is C26H28F2N6. The van der Waals surface area contributed by atoms with E-state index in [0.717, 1.165) is 59.3 Å². The van der Waals surface area contributed by atoms with Gasteiger partial charge in [-0.15, -0.1) is 0 Å². The Kier molecular flexibility index (Phi) is 6.15. The molecule has 0 atom stereocenters. The van der Waals surface area contributed by atoms with Crippen LogP contribution in [0.5, 0.6) is 0 Å². The lowest BCUT2D eigenvalue weighted by molar-refractivity contribution is 0.149. The normalized spacial score (nSPS) is 15.3. The molecule has 0 unspecified atom stereocenters. The quantitative estimate of drug-likeness (QED) is 0.376. The number of H-pyrrole nitrogens is 1. The Labute approximate surface area is 197 Å². The number of fused-ring (bicyclic) bond motifs is 1. The Bertz CT molecular complexity index is 1280. The fraction of sp³-hybridized carbons (Fsp3) is 0.308. The van der Waals surface area contributed by atoms with Crippen molar-refractivity contribution in [2.45, 2.75) is 31.7 Å². The van der Waals surface area contributed by atoms with Crippen LogP contribution in [-0.2, 0) is 6.42 Å². The highest BCUT2D eigenvalue weighted by Crippen LogP contribution is 2.30. The van der Waals surface area contributed by atoms with Crippen LogP contribution in [0.25, 0.3) is 27.7 Å². The minimum Gasteiger partial charge on any atom is -0.354 e. The number of halogens is 2. The van der Waals surface area contributed by atoms with Gasteiger partial charge >= 0.3 is 0 Å². The predicted octanol–water partition coefficient (Wildman–Crippen LogP) is 5.58. The van der Waals surface area contributed by atoms with Gasteiger partial charge in [0.15, 0.2) is 0 Å². The van der Waals surface area contributed by atoms with Gasteiger partial charge in [-0.3, -0.25) is 9.78 Å². The third-order valence-electron chi connectivity index (χ3n) is 6.48. The van der Waals surface area contributed by atoms with Crippen LogP contribution in [0.15, 0.2) is 61.4 Å². The molecule has 1 aliphatic heterocycles. The summed E-state index contributed by atoms with van der Waals surface area (Å²) < 4.78 is 27.3. The van der Waals surface area contributed by atoms with E-state index in [9.17, 15) is 8.78 Å². The highest BCUT2D eigenvalue weighted by molar-refractivity contribution is 5.94. The van der Waals surface area contributed by atoms with E-state index < -0.39 is 6.43 Å². The summed E-state index contributed by atoms with van der Waals surface area (Å²) in [5.74, 6) is 0. The van der Waals surface area contributed by atoms with E-state index in [-0.39, 0.29) is 6.42 Å². The summed E-state index contributed by atoms with van der Waals surface area (Å²) in [7, 11) is 2.16. The second kappa shape index (κ2) is 9.38. The molecule has 1 aliphatic rings. The Balaban J connectivity index is 1.34. The molecule has 0 radical (unpaired) electrons. The van der Waals surface area contributed by atoms with Gasteiger partial charge in [0.25, 0.3) is 0 Å². The molecule has 2 aromatic carbocycles. The van der Waals surface area contributed by atoms with E-state index >= 15 is 0 Å². The fourth-order valence-electron chi connectivity index (χ4n) is 4.51. The van der Waals surface area contributed by atoms with E-state index in [1.54, 1.807) is 24.3 Å². The van der Waals surface area contributed by atoms with Crippen molar-refractivity contribution in [3.8, 4) is 11.1 Å². The lowest BCUT2D eigenvalue weighted by atomic mass is 10.0. The van der Waals surface area contributed by atoms with E-state index in [1.165, 1.54) is 0 Å². The van der Waals surface area contributed by atoms with Crippen LogP contribution in [0.3, 0.4) is 0 Å². The van der Waals surface area contributed by atoms with E-state index in [2.05, 4.69) is 62.2 Å². The molecule has 0 saturated carbocycles. The van der Waals surface area contributed by atoms with Gasteiger partial charge in [0.05, 0.1) is 23.5 Å². The number of hydrogen-bond donors (Lipinski definition) is 2. The minimum atomic E-state index is -2.35. The molecule has 3 heterocycles. The van der Waals surface area contributed by atoms with Gasteiger partial charge in [-0.1, -0.05) is 24.8 Å².